The van der Waals surface area contributed by atoms with Gasteiger partial charge in [0.05, 0.1) is 6.04 Å². The van der Waals surface area contributed by atoms with Gasteiger partial charge >= 0.3 is 0 Å². The number of carbonyl (C=O) groups is 1. The lowest BCUT2D eigenvalue weighted by Gasteiger charge is -2.40. The number of carbonyl (C=O) groups excluding carboxylic acids is 1. The van der Waals surface area contributed by atoms with Gasteiger partial charge in [0.2, 0.25) is 5.91 Å². The van der Waals surface area contributed by atoms with Gasteiger partial charge in [-0.3, -0.25) is 9.69 Å². The summed E-state index contributed by atoms with van der Waals surface area (Å²) in [5.41, 5.74) is 0. The molecule has 1 saturated heterocycles. The van der Waals surface area contributed by atoms with Gasteiger partial charge in [0.15, 0.2) is 0 Å². The standard InChI is InChI=1S/C16H31N3O/c1-12(2)17-13-8-5-6-9-14(13)19(4)16(20)15-10-7-11-18(15)3/h12-15,17H,5-11H2,1-4H3/t13-,14-,15-/m0/s1. The lowest BCUT2D eigenvalue weighted by molar-refractivity contribution is -0.137. The zero-order valence-electron chi connectivity index (χ0n) is 13.6. The number of likely N-dealkylation sites (tertiary alicyclic amines) is 1. The van der Waals surface area contributed by atoms with E-state index >= 15 is 0 Å². The van der Waals surface area contributed by atoms with Gasteiger partial charge in [-0.2, -0.15) is 0 Å². The maximum absolute atomic E-state index is 12.7. The Bertz CT molecular complexity index is 332. The Morgan fingerprint density at radius 3 is 2.50 bits per heavy atom. The number of hydrogen-bond acceptors (Lipinski definition) is 3. The van der Waals surface area contributed by atoms with Crippen molar-refractivity contribution in [1.82, 2.24) is 15.1 Å². The van der Waals surface area contributed by atoms with Crippen molar-refractivity contribution in [2.24, 2.45) is 0 Å². The predicted molar refractivity (Wildman–Crippen MR) is 82.7 cm³/mol. The van der Waals surface area contributed by atoms with E-state index in [9.17, 15) is 4.79 Å². The van der Waals surface area contributed by atoms with E-state index in [1.807, 2.05) is 11.9 Å². The van der Waals surface area contributed by atoms with Gasteiger partial charge < -0.3 is 10.2 Å². The Morgan fingerprint density at radius 2 is 1.90 bits per heavy atom. The van der Waals surface area contributed by atoms with Crippen molar-refractivity contribution < 1.29 is 4.79 Å². The molecule has 0 radical (unpaired) electrons. The Kier molecular flexibility index (Phi) is 5.44. The smallest absolute Gasteiger partial charge is 0.239 e. The van der Waals surface area contributed by atoms with Crippen LogP contribution in [-0.4, -0.2) is 60.5 Å². The number of nitrogens with zero attached hydrogens (tertiary/aromatic N) is 2. The number of likely N-dealkylation sites (N-methyl/N-ethyl adjacent to an activating group) is 2. The number of amides is 1. The first kappa shape index (κ1) is 15.8. The fourth-order valence-electron chi connectivity index (χ4n) is 3.82. The second-order valence-electron chi connectivity index (χ2n) is 6.87. The highest BCUT2D eigenvalue weighted by atomic mass is 16.2. The molecule has 0 aromatic heterocycles. The number of nitrogens with one attached hydrogen (secondary N) is 1. The summed E-state index contributed by atoms with van der Waals surface area (Å²) in [5.74, 6) is 0.326. The fraction of sp³-hybridized carbons (Fsp3) is 0.938. The van der Waals surface area contributed by atoms with Crippen molar-refractivity contribution in [2.75, 3.05) is 20.6 Å². The normalized spacial score (nSPS) is 31.8. The molecule has 0 aromatic carbocycles. The third kappa shape index (κ3) is 3.53. The first-order valence-electron chi connectivity index (χ1n) is 8.23. The molecule has 4 nitrogen and oxygen atoms in total. The Morgan fingerprint density at radius 1 is 1.20 bits per heavy atom. The zero-order chi connectivity index (χ0) is 14.7. The predicted octanol–water partition coefficient (Wildman–Crippen LogP) is 1.85. The third-order valence-electron chi connectivity index (χ3n) is 4.93. The van der Waals surface area contributed by atoms with Crippen LogP contribution in [0.1, 0.15) is 52.4 Å². The van der Waals surface area contributed by atoms with Crippen LogP contribution in [0.3, 0.4) is 0 Å². The molecule has 4 heteroatoms. The minimum atomic E-state index is 0.113. The van der Waals surface area contributed by atoms with Gasteiger partial charge in [-0.05, 0) is 39.3 Å². The van der Waals surface area contributed by atoms with Crippen LogP contribution in [0.2, 0.25) is 0 Å². The number of hydrogen-bond donors (Lipinski definition) is 1. The van der Waals surface area contributed by atoms with Crippen LogP contribution in [0.4, 0.5) is 0 Å². The Hall–Kier alpha value is -0.610. The molecule has 2 rings (SSSR count). The summed E-state index contributed by atoms with van der Waals surface area (Å²) in [7, 11) is 4.09. The van der Waals surface area contributed by atoms with Gasteiger partial charge in [0.25, 0.3) is 0 Å². The molecular weight excluding hydrogens is 250 g/mol. The van der Waals surface area contributed by atoms with E-state index in [1.165, 1.54) is 19.3 Å². The molecule has 0 bridgehead atoms. The first-order chi connectivity index (χ1) is 9.50. The van der Waals surface area contributed by atoms with Gasteiger partial charge in [0.1, 0.15) is 0 Å². The lowest BCUT2D eigenvalue weighted by atomic mass is 9.88. The molecule has 2 fully saturated rings. The van der Waals surface area contributed by atoms with E-state index in [2.05, 4.69) is 31.1 Å². The van der Waals surface area contributed by atoms with E-state index in [0.717, 1.165) is 25.8 Å². The second-order valence-corrected chi connectivity index (χ2v) is 6.87. The second kappa shape index (κ2) is 6.90. The SMILES string of the molecule is CC(C)N[C@H]1CCCC[C@@H]1N(C)C(=O)[C@@H]1CCCN1C. The highest BCUT2D eigenvalue weighted by Crippen LogP contribution is 2.25. The highest BCUT2D eigenvalue weighted by molar-refractivity contribution is 5.82. The topological polar surface area (TPSA) is 35.6 Å². The van der Waals surface area contributed by atoms with Crippen LogP contribution in [0.15, 0.2) is 0 Å². The summed E-state index contributed by atoms with van der Waals surface area (Å²) in [6.07, 6.45) is 7.04. The fourth-order valence-corrected chi connectivity index (χ4v) is 3.82. The molecule has 1 heterocycles. The minimum Gasteiger partial charge on any atom is -0.340 e. The van der Waals surface area contributed by atoms with Gasteiger partial charge in [-0.15, -0.1) is 0 Å². The van der Waals surface area contributed by atoms with Crippen molar-refractivity contribution in [3.63, 3.8) is 0 Å². The largest absolute Gasteiger partial charge is 0.340 e. The molecule has 2 aliphatic rings. The maximum Gasteiger partial charge on any atom is 0.239 e. The summed E-state index contributed by atoms with van der Waals surface area (Å²) in [4.78, 5) is 17.0. The van der Waals surface area contributed by atoms with Crippen molar-refractivity contribution >= 4 is 5.91 Å². The van der Waals surface area contributed by atoms with E-state index in [-0.39, 0.29) is 6.04 Å². The van der Waals surface area contributed by atoms with Crippen LogP contribution in [-0.2, 0) is 4.79 Å². The Labute approximate surface area is 123 Å². The molecule has 1 aliphatic heterocycles. The summed E-state index contributed by atoms with van der Waals surface area (Å²) in [5, 5.41) is 3.66. The van der Waals surface area contributed by atoms with E-state index < -0.39 is 0 Å². The Balaban J connectivity index is 2.01. The molecule has 116 valence electrons. The molecule has 1 aliphatic carbocycles. The molecule has 1 amide bonds. The molecule has 0 aromatic rings. The van der Waals surface area contributed by atoms with Crippen molar-refractivity contribution in [3.8, 4) is 0 Å². The van der Waals surface area contributed by atoms with E-state index in [1.54, 1.807) is 0 Å². The molecule has 0 spiro atoms. The molecule has 20 heavy (non-hydrogen) atoms. The zero-order valence-corrected chi connectivity index (χ0v) is 13.6. The lowest BCUT2D eigenvalue weighted by Crippen LogP contribution is -2.56. The van der Waals surface area contributed by atoms with Crippen LogP contribution >= 0.6 is 0 Å². The summed E-state index contributed by atoms with van der Waals surface area (Å²) in [6, 6.07) is 1.43. The van der Waals surface area contributed by atoms with Crippen molar-refractivity contribution in [2.45, 2.75) is 76.5 Å². The van der Waals surface area contributed by atoms with Gasteiger partial charge in [0, 0.05) is 25.2 Å². The maximum atomic E-state index is 12.7. The summed E-state index contributed by atoms with van der Waals surface area (Å²) < 4.78 is 0. The molecule has 3 atom stereocenters. The van der Waals surface area contributed by atoms with E-state index in [4.69, 9.17) is 0 Å². The average Bonchev–Trinajstić information content (AvgIpc) is 2.83. The average molecular weight is 281 g/mol. The molecule has 1 saturated carbocycles. The summed E-state index contributed by atoms with van der Waals surface area (Å²) >= 11 is 0. The highest BCUT2D eigenvalue weighted by Gasteiger charge is 2.36. The third-order valence-corrected chi connectivity index (χ3v) is 4.93. The van der Waals surface area contributed by atoms with Crippen molar-refractivity contribution in [1.29, 1.82) is 0 Å². The quantitative estimate of drug-likeness (QED) is 0.854. The van der Waals surface area contributed by atoms with Crippen LogP contribution in [0.5, 0.6) is 0 Å². The van der Waals surface area contributed by atoms with Gasteiger partial charge in [-0.1, -0.05) is 26.7 Å². The van der Waals surface area contributed by atoms with E-state index in [0.29, 0.717) is 24.0 Å². The molecular formula is C16H31N3O. The minimum absolute atomic E-state index is 0.113. The number of rotatable bonds is 4. The summed E-state index contributed by atoms with van der Waals surface area (Å²) in [6.45, 7) is 5.44. The molecule has 0 unspecified atom stereocenters. The monoisotopic (exact) mass is 281 g/mol. The van der Waals surface area contributed by atoms with Gasteiger partial charge in [-0.25, -0.2) is 0 Å². The molecule has 1 N–H and O–H groups in total. The van der Waals surface area contributed by atoms with Crippen LogP contribution in [0.25, 0.3) is 0 Å². The van der Waals surface area contributed by atoms with Crippen LogP contribution < -0.4 is 5.32 Å². The first-order valence-corrected chi connectivity index (χ1v) is 8.23. The van der Waals surface area contributed by atoms with Crippen LogP contribution in [0, 0.1) is 0 Å². The van der Waals surface area contributed by atoms with Crippen molar-refractivity contribution in [3.05, 3.63) is 0 Å².